The predicted molar refractivity (Wildman–Crippen MR) is 63.7 cm³/mol. The van der Waals surface area contributed by atoms with Crippen LogP contribution in [0, 0.1) is 0 Å². The summed E-state index contributed by atoms with van der Waals surface area (Å²) < 4.78 is 2.11. The molecule has 0 fully saturated rings. The molecule has 1 heterocycles. The number of aliphatic hydroxyl groups excluding tert-OH is 1. The molecular formula is C13H21NO. The Morgan fingerprint density at radius 1 is 1.60 bits per heavy atom. The summed E-state index contributed by atoms with van der Waals surface area (Å²) in [7, 11) is 0. The summed E-state index contributed by atoms with van der Waals surface area (Å²) in [6.07, 6.45) is 6.60. The zero-order valence-electron chi connectivity index (χ0n) is 9.74. The lowest BCUT2D eigenvalue weighted by molar-refractivity contribution is 0.166. The number of hydrogen-bond acceptors (Lipinski definition) is 1. The first-order valence-corrected chi connectivity index (χ1v) is 5.61. The Bertz CT molecular complexity index is 314. The standard InChI is InChI=1S/C13H21NO/c1-4-5-13(15)12-7-9-14(10-12)8-6-11(2)3/h7,9-10,13,15H,2,4-6,8H2,1,3H3. The molecule has 0 saturated carbocycles. The van der Waals surface area contributed by atoms with E-state index in [0.717, 1.165) is 31.4 Å². The van der Waals surface area contributed by atoms with Crippen molar-refractivity contribution in [3.63, 3.8) is 0 Å². The van der Waals surface area contributed by atoms with Crippen LogP contribution in [0.1, 0.15) is 44.8 Å². The average Bonchev–Trinajstić information content (AvgIpc) is 2.63. The van der Waals surface area contributed by atoms with E-state index in [1.807, 2.05) is 25.4 Å². The van der Waals surface area contributed by atoms with Gasteiger partial charge in [0, 0.05) is 18.9 Å². The molecule has 1 atom stereocenters. The van der Waals surface area contributed by atoms with Crippen LogP contribution in [0.4, 0.5) is 0 Å². The number of aryl methyl sites for hydroxylation is 1. The molecule has 2 nitrogen and oxygen atoms in total. The summed E-state index contributed by atoms with van der Waals surface area (Å²) in [6.45, 7) is 8.95. The maximum Gasteiger partial charge on any atom is 0.0804 e. The minimum atomic E-state index is -0.305. The van der Waals surface area contributed by atoms with E-state index < -0.39 is 0 Å². The third-order valence-corrected chi connectivity index (χ3v) is 2.52. The highest BCUT2D eigenvalue weighted by molar-refractivity contribution is 5.13. The molecule has 0 amide bonds. The lowest BCUT2D eigenvalue weighted by atomic mass is 10.1. The van der Waals surface area contributed by atoms with Gasteiger partial charge in [0.15, 0.2) is 0 Å². The van der Waals surface area contributed by atoms with Crippen molar-refractivity contribution in [1.29, 1.82) is 0 Å². The van der Waals surface area contributed by atoms with E-state index in [0.29, 0.717) is 0 Å². The molecule has 0 bridgehead atoms. The van der Waals surface area contributed by atoms with Gasteiger partial charge < -0.3 is 9.67 Å². The fourth-order valence-electron chi connectivity index (χ4n) is 1.56. The maximum atomic E-state index is 9.78. The van der Waals surface area contributed by atoms with Gasteiger partial charge in [-0.05, 0) is 31.4 Å². The smallest absolute Gasteiger partial charge is 0.0804 e. The lowest BCUT2D eigenvalue weighted by Gasteiger charge is -2.06. The van der Waals surface area contributed by atoms with Crippen LogP contribution in [0.2, 0.25) is 0 Å². The van der Waals surface area contributed by atoms with E-state index in [4.69, 9.17) is 0 Å². The number of allylic oxidation sites excluding steroid dienone is 1. The van der Waals surface area contributed by atoms with Gasteiger partial charge in [-0.2, -0.15) is 0 Å². The lowest BCUT2D eigenvalue weighted by Crippen LogP contribution is -1.97. The van der Waals surface area contributed by atoms with Crippen molar-refractivity contribution >= 4 is 0 Å². The third-order valence-electron chi connectivity index (χ3n) is 2.52. The van der Waals surface area contributed by atoms with Gasteiger partial charge in [0.1, 0.15) is 0 Å². The number of rotatable bonds is 6. The zero-order valence-corrected chi connectivity index (χ0v) is 9.74. The molecule has 15 heavy (non-hydrogen) atoms. The van der Waals surface area contributed by atoms with Crippen molar-refractivity contribution in [3.8, 4) is 0 Å². The SMILES string of the molecule is C=C(C)CCn1ccc(C(O)CCC)c1. The normalized spacial score (nSPS) is 12.7. The predicted octanol–water partition coefficient (Wildman–Crippen LogP) is 3.29. The molecule has 0 aliphatic rings. The summed E-state index contributed by atoms with van der Waals surface area (Å²) in [5, 5.41) is 9.78. The first-order chi connectivity index (χ1) is 7.13. The van der Waals surface area contributed by atoms with Crippen LogP contribution in [0.15, 0.2) is 30.6 Å². The van der Waals surface area contributed by atoms with E-state index in [1.165, 1.54) is 5.57 Å². The van der Waals surface area contributed by atoms with Gasteiger partial charge in [-0.3, -0.25) is 0 Å². The van der Waals surface area contributed by atoms with Crippen LogP contribution in [0.25, 0.3) is 0 Å². The molecule has 84 valence electrons. The monoisotopic (exact) mass is 207 g/mol. The molecule has 0 spiro atoms. The Balaban J connectivity index is 2.51. The average molecular weight is 207 g/mol. The van der Waals surface area contributed by atoms with Crippen molar-refractivity contribution in [3.05, 3.63) is 36.2 Å². The van der Waals surface area contributed by atoms with E-state index >= 15 is 0 Å². The fourth-order valence-corrected chi connectivity index (χ4v) is 1.56. The van der Waals surface area contributed by atoms with Crippen molar-refractivity contribution in [2.24, 2.45) is 0 Å². The topological polar surface area (TPSA) is 25.2 Å². The van der Waals surface area contributed by atoms with Crippen LogP contribution >= 0.6 is 0 Å². The highest BCUT2D eigenvalue weighted by Crippen LogP contribution is 2.18. The molecule has 0 saturated heterocycles. The Hall–Kier alpha value is -1.02. The minimum Gasteiger partial charge on any atom is -0.388 e. The number of hydrogen-bond donors (Lipinski definition) is 1. The van der Waals surface area contributed by atoms with Crippen LogP contribution in [0.3, 0.4) is 0 Å². The van der Waals surface area contributed by atoms with Gasteiger partial charge in [0.2, 0.25) is 0 Å². The maximum absolute atomic E-state index is 9.78. The molecule has 0 aromatic carbocycles. The van der Waals surface area contributed by atoms with Crippen molar-refractivity contribution in [1.82, 2.24) is 4.57 Å². The number of aliphatic hydroxyl groups is 1. The zero-order chi connectivity index (χ0) is 11.3. The second-order valence-electron chi connectivity index (χ2n) is 4.19. The Kier molecular flexibility index (Phi) is 4.63. The molecule has 0 aliphatic carbocycles. The van der Waals surface area contributed by atoms with Crippen molar-refractivity contribution in [2.75, 3.05) is 0 Å². The summed E-state index contributed by atoms with van der Waals surface area (Å²) >= 11 is 0. The second-order valence-corrected chi connectivity index (χ2v) is 4.19. The van der Waals surface area contributed by atoms with E-state index in [9.17, 15) is 5.11 Å². The molecule has 1 rings (SSSR count). The van der Waals surface area contributed by atoms with Crippen molar-refractivity contribution in [2.45, 2.75) is 45.8 Å². The van der Waals surface area contributed by atoms with Gasteiger partial charge in [-0.15, -0.1) is 6.58 Å². The van der Waals surface area contributed by atoms with Crippen LogP contribution in [0.5, 0.6) is 0 Å². The molecule has 0 aliphatic heterocycles. The molecule has 2 heteroatoms. The molecular weight excluding hydrogens is 186 g/mol. The third kappa shape index (κ3) is 3.92. The highest BCUT2D eigenvalue weighted by Gasteiger charge is 2.07. The molecule has 0 radical (unpaired) electrons. The van der Waals surface area contributed by atoms with Gasteiger partial charge in [-0.1, -0.05) is 18.9 Å². The quantitative estimate of drug-likeness (QED) is 0.711. The van der Waals surface area contributed by atoms with Crippen LogP contribution < -0.4 is 0 Å². The summed E-state index contributed by atoms with van der Waals surface area (Å²) in [4.78, 5) is 0. The van der Waals surface area contributed by atoms with E-state index in [1.54, 1.807) is 0 Å². The Morgan fingerprint density at radius 2 is 2.33 bits per heavy atom. The summed E-state index contributed by atoms with van der Waals surface area (Å²) in [6, 6.07) is 2.00. The molecule has 1 aromatic heterocycles. The minimum absolute atomic E-state index is 0.305. The largest absolute Gasteiger partial charge is 0.388 e. The molecule has 1 unspecified atom stereocenters. The van der Waals surface area contributed by atoms with Crippen molar-refractivity contribution < 1.29 is 5.11 Å². The highest BCUT2D eigenvalue weighted by atomic mass is 16.3. The summed E-state index contributed by atoms with van der Waals surface area (Å²) in [5.74, 6) is 0. The van der Waals surface area contributed by atoms with E-state index in [2.05, 4.69) is 18.1 Å². The van der Waals surface area contributed by atoms with Crippen LogP contribution in [-0.4, -0.2) is 9.67 Å². The van der Waals surface area contributed by atoms with Gasteiger partial charge in [0.05, 0.1) is 6.10 Å². The number of aromatic nitrogens is 1. The number of nitrogens with zero attached hydrogens (tertiary/aromatic N) is 1. The molecule has 1 aromatic rings. The van der Waals surface area contributed by atoms with Gasteiger partial charge >= 0.3 is 0 Å². The first kappa shape index (κ1) is 12.1. The summed E-state index contributed by atoms with van der Waals surface area (Å²) in [5.41, 5.74) is 2.22. The first-order valence-electron chi connectivity index (χ1n) is 5.61. The van der Waals surface area contributed by atoms with Gasteiger partial charge in [-0.25, -0.2) is 0 Å². The fraction of sp³-hybridized carbons (Fsp3) is 0.538. The molecule has 1 N–H and O–H groups in total. The van der Waals surface area contributed by atoms with Gasteiger partial charge in [0.25, 0.3) is 0 Å². The Labute approximate surface area is 92.2 Å². The Morgan fingerprint density at radius 3 is 2.93 bits per heavy atom. The second kappa shape index (κ2) is 5.76. The van der Waals surface area contributed by atoms with Crippen LogP contribution in [-0.2, 0) is 6.54 Å². The van der Waals surface area contributed by atoms with E-state index in [-0.39, 0.29) is 6.10 Å².